The average Bonchev–Trinajstić information content (AvgIpc) is 2.97. The number of amides is 4. The van der Waals surface area contributed by atoms with Crippen molar-refractivity contribution in [2.24, 2.45) is 0 Å². The molecule has 1 atom stereocenters. The third kappa shape index (κ3) is 4.60. The van der Waals surface area contributed by atoms with Gasteiger partial charge in [0, 0.05) is 16.6 Å². The fourth-order valence-corrected chi connectivity index (χ4v) is 3.98. The molecule has 1 heterocycles. The molecule has 0 aromatic heterocycles. The zero-order valence-corrected chi connectivity index (χ0v) is 18.1. The fraction of sp³-hybridized carbons (Fsp3) is 0.318. The molecule has 0 radical (unpaired) electrons. The number of carbonyl (C=O) groups is 3. The van der Waals surface area contributed by atoms with Gasteiger partial charge in [-0.2, -0.15) is 0 Å². The van der Waals surface area contributed by atoms with Crippen LogP contribution in [0.4, 0.5) is 4.79 Å². The zero-order valence-electron chi connectivity index (χ0n) is 16.6. The molecule has 30 heavy (non-hydrogen) atoms. The number of halogens is 2. The van der Waals surface area contributed by atoms with Gasteiger partial charge in [-0.3, -0.25) is 14.5 Å². The molecule has 158 valence electrons. The summed E-state index contributed by atoms with van der Waals surface area (Å²) < 4.78 is 0. The molecule has 1 aliphatic heterocycles. The van der Waals surface area contributed by atoms with Gasteiger partial charge < -0.3 is 10.6 Å². The molecule has 0 saturated carbocycles. The van der Waals surface area contributed by atoms with E-state index in [1.807, 2.05) is 37.3 Å². The standard InChI is InChI=1S/C22H23Cl2N3O3/c1-2-3-11-22(16-7-5-4-6-8-16)20(29)27(21(30)26-22)14-19(28)25-13-15-9-10-17(23)12-18(15)24/h4-10,12H,2-3,11,13-14H2,1H3,(H,25,28)(H,26,30)/t22-/m0/s1. The van der Waals surface area contributed by atoms with Crippen LogP contribution >= 0.6 is 23.2 Å². The van der Waals surface area contributed by atoms with Gasteiger partial charge in [0.1, 0.15) is 12.1 Å². The summed E-state index contributed by atoms with van der Waals surface area (Å²) in [7, 11) is 0. The first-order valence-corrected chi connectivity index (χ1v) is 10.5. The molecule has 1 saturated heterocycles. The van der Waals surface area contributed by atoms with Crippen molar-refractivity contribution in [2.45, 2.75) is 38.3 Å². The molecular formula is C22H23Cl2N3O3. The summed E-state index contributed by atoms with van der Waals surface area (Å²) in [6.45, 7) is 1.82. The first-order valence-electron chi connectivity index (χ1n) is 9.77. The number of benzene rings is 2. The van der Waals surface area contributed by atoms with Crippen LogP contribution in [-0.2, 0) is 21.7 Å². The summed E-state index contributed by atoms with van der Waals surface area (Å²) in [5, 5.41) is 6.46. The molecule has 8 heteroatoms. The molecule has 6 nitrogen and oxygen atoms in total. The third-order valence-corrected chi connectivity index (χ3v) is 5.73. The molecule has 0 aliphatic carbocycles. The molecule has 2 aromatic rings. The van der Waals surface area contributed by atoms with Gasteiger partial charge in [0.05, 0.1) is 0 Å². The first-order chi connectivity index (χ1) is 14.4. The highest BCUT2D eigenvalue weighted by atomic mass is 35.5. The Morgan fingerprint density at radius 1 is 1.13 bits per heavy atom. The van der Waals surface area contributed by atoms with E-state index in [2.05, 4.69) is 10.6 Å². The SMILES string of the molecule is CCCC[C@@]1(c2ccccc2)NC(=O)N(CC(=O)NCc2ccc(Cl)cc2Cl)C1=O. The molecule has 0 unspecified atom stereocenters. The number of carbonyl (C=O) groups excluding carboxylic acids is 3. The van der Waals surface area contributed by atoms with Crippen LogP contribution in [-0.4, -0.2) is 29.3 Å². The lowest BCUT2D eigenvalue weighted by Gasteiger charge is -2.27. The highest BCUT2D eigenvalue weighted by molar-refractivity contribution is 6.35. The Kier molecular flexibility index (Phi) is 7.00. The summed E-state index contributed by atoms with van der Waals surface area (Å²) in [5.41, 5.74) is 0.259. The molecule has 4 amide bonds. The molecule has 0 bridgehead atoms. The van der Waals surface area contributed by atoms with E-state index < -0.39 is 23.4 Å². The lowest BCUT2D eigenvalue weighted by Crippen LogP contribution is -2.45. The van der Waals surface area contributed by atoms with Crippen LogP contribution in [0.25, 0.3) is 0 Å². The van der Waals surface area contributed by atoms with Crippen molar-refractivity contribution in [1.29, 1.82) is 0 Å². The topological polar surface area (TPSA) is 78.5 Å². The molecule has 3 rings (SSSR count). The van der Waals surface area contributed by atoms with Crippen molar-refractivity contribution in [3.63, 3.8) is 0 Å². The molecule has 2 N–H and O–H groups in total. The highest BCUT2D eigenvalue weighted by Crippen LogP contribution is 2.34. The van der Waals surface area contributed by atoms with Crippen LogP contribution in [0.15, 0.2) is 48.5 Å². The summed E-state index contributed by atoms with van der Waals surface area (Å²) in [4.78, 5) is 39.3. The van der Waals surface area contributed by atoms with E-state index in [-0.39, 0.29) is 13.1 Å². The van der Waals surface area contributed by atoms with E-state index in [1.165, 1.54) is 0 Å². The van der Waals surface area contributed by atoms with Crippen LogP contribution in [0.5, 0.6) is 0 Å². The Labute approximate surface area is 185 Å². The quantitative estimate of drug-likeness (QED) is 0.593. The lowest BCUT2D eigenvalue weighted by molar-refractivity contribution is -0.135. The normalized spacial score (nSPS) is 18.4. The Morgan fingerprint density at radius 3 is 2.53 bits per heavy atom. The number of hydrogen-bond acceptors (Lipinski definition) is 3. The highest BCUT2D eigenvalue weighted by Gasteiger charge is 2.52. The Morgan fingerprint density at radius 2 is 1.87 bits per heavy atom. The minimum Gasteiger partial charge on any atom is -0.350 e. The van der Waals surface area contributed by atoms with Gasteiger partial charge in [-0.25, -0.2) is 4.79 Å². The first kappa shape index (κ1) is 22.1. The second kappa shape index (κ2) is 9.49. The van der Waals surface area contributed by atoms with E-state index in [4.69, 9.17) is 23.2 Å². The van der Waals surface area contributed by atoms with Gasteiger partial charge in [0.2, 0.25) is 5.91 Å². The van der Waals surface area contributed by atoms with Crippen molar-refractivity contribution < 1.29 is 14.4 Å². The number of imide groups is 1. The van der Waals surface area contributed by atoms with Crippen LogP contribution in [0.1, 0.15) is 37.3 Å². The van der Waals surface area contributed by atoms with E-state index in [0.717, 1.165) is 17.7 Å². The second-order valence-electron chi connectivity index (χ2n) is 7.21. The number of urea groups is 1. The molecular weight excluding hydrogens is 425 g/mol. The van der Waals surface area contributed by atoms with Crippen molar-refractivity contribution in [3.05, 3.63) is 69.7 Å². The molecule has 1 fully saturated rings. The van der Waals surface area contributed by atoms with Crippen molar-refractivity contribution in [2.75, 3.05) is 6.54 Å². The number of rotatable bonds is 8. The molecule has 0 spiro atoms. The minimum absolute atomic E-state index is 0.165. The monoisotopic (exact) mass is 447 g/mol. The summed E-state index contributed by atoms with van der Waals surface area (Å²) in [5.74, 6) is -0.865. The van der Waals surface area contributed by atoms with E-state index >= 15 is 0 Å². The van der Waals surface area contributed by atoms with Crippen molar-refractivity contribution in [3.8, 4) is 0 Å². The number of hydrogen-bond donors (Lipinski definition) is 2. The van der Waals surface area contributed by atoms with Gasteiger partial charge in [0.15, 0.2) is 0 Å². The lowest BCUT2D eigenvalue weighted by atomic mass is 9.85. The fourth-order valence-electron chi connectivity index (χ4n) is 3.50. The molecule has 2 aromatic carbocycles. The molecule has 1 aliphatic rings. The van der Waals surface area contributed by atoms with Gasteiger partial charge in [-0.1, -0.05) is 79.4 Å². The van der Waals surface area contributed by atoms with E-state index in [0.29, 0.717) is 27.6 Å². The van der Waals surface area contributed by atoms with Crippen LogP contribution in [0.3, 0.4) is 0 Å². The summed E-state index contributed by atoms with van der Waals surface area (Å²) >= 11 is 12.0. The predicted octanol–water partition coefficient (Wildman–Crippen LogP) is 4.25. The summed E-state index contributed by atoms with van der Waals surface area (Å²) in [6.07, 6.45) is 2.10. The van der Waals surface area contributed by atoms with Gasteiger partial charge in [-0.15, -0.1) is 0 Å². The number of nitrogens with zero attached hydrogens (tertiary/aromatic N) is 1. The van der Waals surface area contributed by atoms with Gasteiger partial charge in [0.25, 0.3) is 5.91 Å². The smallest absolute Gasteiger partial charge is 0.325 e. The Hall–Kier alpha value is -2.57. The maximum atomic E-state index is 13.3. The largest absolute Gasteiger partial charge is 0.350 e. The Balaban J connectivity index is 1.72. The zero-order chi connectivity index (χ0) is 21.7. The van der Waals surface area contributed by atoms with Crippen molar-refractivity contribution in [1.82, 2.24) is 15.5 Å². The predicted molar refractivity (Wildman–Crippen MR) is 116 cm³/mol. The van der Waals surface area contributed by atoms with E-state index in [1.54, 1.807) is 18.2 Å². The van der Waals surface area contributed by atoms with Crippen LogP contribution < -0.4 is 10.6 Å². The van der Waals surface area contributed by atoms with Crippen LogP contribution in [0, 0.1) is 0 Å². The van der Waals surface area contributed by atoms with Gasteiger partial charge in [-0.05, 0) is 29.7 Å². The maximum Gasteiger partial charge on any atom is 0.325 e. The number of unbranched alkanes of at least 4 members (excludes halogenated alkanes) is 1. The minimum atomic E-state index is -1.14. The third-order valence-electron chi connectivity index (χ3n) is 5.14. The second-order valence-corrected chi connectivity index (χ2v) is 8.05. The van der Waals surface area contributed by atoms with Gasteiger partial charge >= 0.3 is 6.03 Å². The summed E-state index contributed by atoms with van der Waals surface area (Å²) in [6, 6.07) is 13.6. The van der Waals surface area contributed by atoms with E-state index in [9.17, 15) is 14.4 Å². The maximum absolute atomic E-state index is 13.3. The Bertz CT molecular complexity index is 952. The average molecular weight is 448 g/mol. The number of nitrogens with one attached hydrogen (secondary N) is 2. The van der Waals surface area contributed by atoms with Crippen LogP contribution in [0.2, 0.25) is 10.0 Å². The van der Waals surface area contributed by atoms with Crippen molar-refractivity contribution >= 4 is 41.0 Å².